The van der Waals surface area contributed by atoms with Gasteiger partial charge in [0.2, 0.25) is 18.6 Å². The van der Waals surface area contributed by atoms with Crippen molar-refractivity contribution >= 4 is 23.4 Å². The standard InChI is InChI=1S/C29H29N3O5/c33-27(18-24(20-7-3-1-4-8-20)31-29(35)21-9-5-2-6-10-21)32-15-13-22(14-16-32)28(34)30-23-11-12-25-26(17-23)37-19-36-25/h1-12,17,22,24H,13-16,18-19H2,(H,30,34)(H,31,35)/t24-/m1/s1. The number of carbonyl (C=O) groups is 3. The minimum Gasteiger partial charge on any atom is -0.454 e. The van der Waals surface area contributed by atoms with E-state index in [1.165, 1.54) is 0 Å². The van der Waals surface area contributed by atoms with Crippen LogP contribution in [0, 0.1) is 5.92 Å². The third kappa shape index (κ3) is 5.91. The summed E-state index contributed by atoms with van der Waals surface area (Å²) in [6.45, 7) is 1.17. The number of hydrogen-bond donors (Lipinski definition) is 2. The van der Waals surface area contributed by atoms with Crippen molar-refractivity contribution in [3.05, 3.63) is 90.0 Å². The number of amides is 3. The molecule has 0 saturated carbocycles. The van der Waals surface area contributed by atoms with Crippen LogP contribution in [-0.4, -0.2) is 42.5 Å². The van der Waals surface area contributed by atoms with Gasteiger partial charge in [-0.05, 0) is 42.7 Å². The fourth-order valence-corrected chi connectivity index (χ4v) is 4.68. The van der Waals surface area contributed by atoms with E-state index in [2.05, 4.69) is 10.6 Å². The van der Waals surface area contributed by atoms with Gasteiger partial charge in [-0.2, -0.15) is 0 Å². The number of benzene rings is 3. The summed E-state index contributed by atoms with van der Waals surface area (Å²) in [5.74, 6) is 0.766. The molecule has 2 aliphatic rings. The van der Waals surface area contributed by atoms with Crippen molar-refractivity contribution in [1.82, 2.24) is 10.2 Å². The number of ether oxygens (including phenoxy) is 2. The summed E-state index contributed by atoms with van der Waals surface area (Å²) in [5.41, 5.74) is 2.08. The molecule has 0 unspecified atom stereocenters. The Labute approximate surface area is 215 Å². The van der Waals surface area contributed by atoms with Crippen molar-refractivity contribution in [2.24, 2.45) is 5.92 Å². The Bertz CT molecular complexity index is 1260. The summed E-state index contributed by atoms with van der Waals surface area (Å²) in [4.78, 5) is 40.7. The first kappa shape index (κ1) is 24.4. The molecular weight excluding hydrogens is 470 g/mol. The number of nitrogens with zero attached hydrogens (tertiary/aromatic N) is 1. The van der Waals surface area contributed by atoms with Crippen LogP contribution in [0.25, 0.3) is 0 Å². The molecule has 2 heterocycles. The van der Waals surface area contributed by atoms with Gasteiger partial charge in [-0.3, -0.25) is 14.4 Å². The molecule has 0 aromatic heterocycles. The summed E-state index contributed by atoms with van der Waals surface area (Å²) >= 11 is 0. The molecule has 8 heteroatoms. The summed E-state index contributed by atoms with van der Waals surface area (Å²) in [7, 11) is 0. The smallest absolute Gasteiger partial charge is 0.251 e. The zero-order valence-electron chi connectivity index (χ0n) is 20.4. The number of fused-ring (bicyclic) bond motifs is 1. The Balaban J connectivity index is 1.17. The van der Waals surface area contributed by atoms with Crippen LogP contribution >= 0.6 is 0 Å². The number of rotatable bonds is 7. The largest absolute Gasteiger partial charge is 0.454 e. The second kappa shape index (κ2) is 11.2. The highest BCUT2D eigenvalue weighted by molar-refractivity contribution is 5.95. The minimum atomic E-state index is -0.451. The first-order valence-corrected chi connectivity index (χ1v) is 12.5. The van der Waals surface area contributed by atoms with E-state index in [0.29, 0.717) is 48.7 Å². The molecule has 37 heavy (non-hydrogen) atoms. The average molecular weight is 500 g/mol. The molecular formula is C29H29N3O5. The lowest BCUT2D eigenvalue weighted by Gasteiger charge is -2.32. The van der Waals surface area contributed by atoms with Crippen LogP contribution in [0.4, 0.5) is 5.69 Å². The molecule has 0 bridgehead atoms. The van der Waals surface area contributed by atoms with Gasteiger partial charge in [0, 0.05) is 36.3 Å². The summed E-state index contributed by atoms with van der Waals surface area (Å²) in [6.07, 6.45) is 1.31. The summed E-state index contributed by atoms with van der Waals surface area (Å²) < 4.78 is 10.7. The highest BCUT2D eigenvalue weighted by Crippen LogP contribution is 2.34. The fraction of sp³-hybridized carbons (Fsp3) is 0.276. The van der Waals surface area contributed by atoms with Gasteiger partial charge in [0.25, 0.3) is 5.91 Å². The highest BCUT2D eigenvalue weighted by atomic mass is 16.7. The lowest BCUT2D eigenvalue weighted by Crippen LogP contribution is -2.43. The van der Waals surface area contributed by atoms with Crippen LogP contribution < -0.4 is 20.1 Å². The van der Waals surface area contributed by atoms with E-state index in [-0.39, 0.29) is 36.9 Å². The van der Waals surface area contributed by atoms with Crippen molar-refractivity contribution in [1.29, 1.82) is 0 Å². The minimum absolute atomic E-state index is 0.0446. The molecule has 1 fully saturated rings. The molecule has 3 aromatic rings. The zero-order valence-corrected chi connectivity index (χ0v) is 20.4. The Morgan fingerprint density at radius 1 is 0.865 bits per heavy atom. The van der Waals surface area contributed by atoms with Crippen molar-refractivity contribution in [3.8, 4) is 11.5 Å². The number of piperidine rings is 1. The van der Waals surface area contributed by atoms with Crippen LogP contribution in [-0.2, 0) is 9.59 Å². The maximum Gasteiger partial charge on any atom is 0.251 e. The fourth-order valence-electron chi connectivity index (χ4n) is 4.68. The maximum atomic E-state index is 13.2. The van der Waals surface area contributed by atoms with E-state index in [0.717, 1.165) is 5.56 Å². The lowest BCUT2D eigenvalue weighted by molar-refractivity contribution is -0.135. The predicted octanol–water partition coefficient (Wildman–Crippen LogP) is 4.15. The number of carbonyl (C=O) groups excluding carboxylic acids is 3. The van der Waals surface area contributed by atoms with Crippen LogP contribution in [0.15, 0.2) is 78.9 Å². The van der Waals surface area contributed by atoms with Gasteiger partial charge in [-0.25, -0.2) is 0 Å². The SMILES string of the molecule is O=C(N[C@H](CC(=O)N1CCC(C(=O)Nc2ccc3c(c2)OCO3)CC1)c1ccccc1)c1ccccc1. The summed E-state index contributed by atoms with van der Waals surface area (Å²) in [6, 6.07) is 23.4. The zero-order chi connectivity index (χ0) is 25.6. The molecule has 8 nitrogen and oxygen atoms in total. The van der Waals surface area contributed by atoms with Gasteiger partial charge >= 0.3 is 0 Å². The monoisotopic (exact) mass is 499 g/mol. The maximum absolute atomic E-state index is 13.2. The van der Waals surface area contributed by atoms with Gasteiger partial charge in [0.1, 0.15) is 0 Å². The number of likely N-dealkylation sites (tertiary alicyclic amines) is 1. The van der Waals surface area contributed by atoms with E-state index in [1.54, 1.807) is 35.2 Å². The normalized spacial score (nSPS) is 15.6. The highest BCUT2D eigenvalue weighted by Gasteiger charge is 2.29. The molecule has 3 amide bonds. The van der Waals surface area contributed by atoms with Gasteiger partial charge in [-0.1, -0.05) is 48.5 Å². The second-order valence-corrected chi connectivity index (χ2v) is 9.22. The van der Waals surface area contributed by atoms with Gasteiger partial charge < -0.3 is 25.0 Å². The molecule has 190 valence electrons. The van der Waals surface area contributed by atoms with Crippen molar-refractivity contribution < 1.29 is 23.9 Å². The molecule has 5 rings (SSSR count). The van der Waals surface area contributed by atoms with E-state index < -0.39 is 6.04 Å². The van der Waals surface area contributed by atoms with E-state index in [1.807, 2.05) is 48.5 Å². The van der Waals surface area contributed by atoms with E-state index in [9.17, 15) is 14.4 Å². The number of hydrogen-bond acceptors (Lipinski definition) is 5. The molecule has 1 atom stereocenters. The number of anilines is 1. The first-order chi connectivity index (χ1) is 18.1. The quantitative estimate of drug-likeness (QED) is 0.509. The van der Waals surface area contributed by atoms with Gasteiger partial charge in [0.15, 0.2) is 11.5 Å². The summed E-state index contributed by atoms with van der Waals surface area (Å²) in [5, 5.41) is 5.97. The van der Waals surface area contributed by atoms with Crippen LogP contribution in [0.2, 0.25) is 0 Å². The molecule has 0 radical (unpaired) electrons. The third-order valence-electron chi connectivity index (χ3n) is 6.78. The Hall–Kier alpha value is -4.33. The second-order valence-electron chi connectivity index (χ2n) is 9.22. The Kier molecular flexibility index (Phi) is 7.35. The molecule has 0 spiro atoms. The molecule has 2 aliphatic heterocycles. The lowest BCUT2D eigenvalue weighted by atomic mass is 9.94. The van der Waals surface area contributed by atoms with Crippen LogP contribution in [0.5, 0.6) is 11.5 Å². The van der Waals surface area contributed by atoms with E-state index in [4.69, 9.17) is 9.47 Å². The van der Waals surface area contributed by atoms with Crippen molar-refractivity contribution in [3.63, 3.8) is 0 Å². The number of nitrogens with one attached hydrogen (secondary N) is 2. The topological polar surface area (TPSA) is 97.0 Å². The van der Waals surface area contributed by atoms with Crippen molar-refractivity contribution in [2.75, 3.05) is 25.2 Å². The molecule has 0 aliphatic carbocycles. The van der Waals surface area contributed by atoms with E-state index >= 15 is 0 Å². The first-order valence-electron chi connectivity index (χ1n) is 12.5. The van der Waals surface area contributed by atoms with Gasteiger partial charge in [0.05, 0.1) is 12.5 Å². The molecule has 3 aromatic carbocycles. The molecule has 1 saturated heterocycles. The Morgan fingerprint density at radius 2 is 1.54 bits per heavy atom. The Morgan fingerprint density at radius 3 is 2.27 bits per heavy atom. The van der Waals surface area contributed by atoms with Gasteiger partial charge in [-0.15, -0.1) is 0 Å². The predicted molar refractivity (Wildman–Crippen MR) is 138 cm³/mol. The van der Waals surface area contributed by atoms with Crippen molar-refractivity contribution in [2.45, 2.75) is 25.3 Å². The molecule has 2 N–H and O–H groups in total. The third-order valence-corrected chi connectivity index (χ3v) is 6.78. The van der Waals surface area contributed by atoms with Crippen LogP contribution in [0.1, 0.15) is 41.2 Å². The average Bonchev–Trinajstić information content (AvgIpc) is 3.41. The van der Waals surface area contributed by atoms with Crippen LogP contribution in [0.3, 0.4) is 0 Å².